The molecular weight excluding hydrogens is 928 g/mol. The molecule has 9 rings (SSSR count). The van der Waals surface area contributed by atoms with Gasteiger partial charge in [-0.3, -0.25) is 14.5 Å². The van der Waals surface area contributed by atoms with Crippen LogP contribution in [0.4, 0.5) is 0 Å². The quantitative estimate of drug-likeness (QED) is 0.138. The van der Waals surface area contributed by atoms with E-state index in [9.17, 15) is 5.11 Å². The zero-order valence-corrected chi connectivity index (χ0v) is 38.6. The van der Waals surface area contributed by atoms with Gasteiger partial charge in [0.25, 0.3) is 0 Å². The van der Waals surface area contributed by atoms with Crippen molar-refractivity contribution in [2.75, 3.05) is 0 Å². The molecule has 0 fully saturated rings. The number of phenolic OH excluding ortho intramolecular Hbond substituents is 1. The van der Waals surface area contributed by atoms with Crippen LogP contribution < -0.4 is 0 Å². The zero-order chi connectivity index (χ0) is 42.1. The molecule has 308 valence electrons. The number of aromatic nitrogens is 4. The minimum atomic E-state index is -0.327. The Hall–Kier alpha value is -5.90. The summed E-state index contributed by atoms with van der Waals surface area (Å²) in [5.74, 6) is 0.904. The van der Waals surface area contributed by atoms with Crippen LogP contribution in [-0.2, 0) is 37.3 Å². The molecular formula is C55H51N4OPt-. The minimum Gasteiger partial charge on any atom is -0.507 e. The summed E-state index contributed by atoms with van der Waals surface area (Å²) < 4.78 is 2.24. The van der Waals surface area contributed by atoms with Crippen molar-refractivity contribution in [3.8, 4) is 56.3 Å². The van der Waals surface area contributed by atoms with Crippen LogP contribution in [0.5, 0.6) is 5.75 Å². The number of benzene rings is 6. The van der Waals surface area contributed by atoms with Crippen molar-refractivity contribution >= 4 is 32.7 Å². The van der Waals surface area contributed by atoms with E-state index in [2.05, 4.69) is 194 Å². The van der Waals surface area contributed by atoms with Crippen LogP contribution in [0.3, 0.4) is 0 Å². The molecule has 0 spiro atoms. The van der Waals surface area contributed by atoms with Gasteiger partial charge in [-0.05, 0) is 68.7 Å². The molecule has 0 aliphatic rings. The van der Waals surface area contributed by atoms with Gasteiger partial charge in [0.1, 0.15) is 11.6 Å². The Morgan fingerprint density at radius 3 is 2.02 bits per heavy atom. The SMILES string of the molecule is CC(C)(C)c1cc(-c2cc(-c3ccccc3)ccn2)[c-]c(-c2cccc3c2nc(-c2cc(C(C)(C)C)cc(C(C)(C)C)c2O)n3-c2cccc3ncc4ccccc4c23)c1.[Pt]. The summed E-state index contributed by atoms with van der Waals surface area (Å²) in [7, 11) is 0. The van der Waals surface area contributed by atoms with Gasteiger partial charge in [-0.25, -0.2) is 4.98 Å². The number of pyridine rings is 2. The molecule has 0 saturated carbocycles. The molecule has 5 nitrogen and oxygen atoms in total. The van der Waals surface area contributed by atoms with Gasteiger partial charge in [0, 0.05) is 55.5 Å². The standard InChI is InChI=1S/C55H51N4O.Pt/c1-53(2,3)39-28-37(27-38(29-39)46-30-35(25-26-56-46)34-17-11-10-12-18-34)42-21-15-24-48-50(42)58-52(43-31-40(54(4,5)6)32-44(51(43)60)55(7,8)9)59(48)47-23-16-22-45-49(47)41-20-14-13-19-36(41)33-57-45;/h10-26,28-33,60H,1-9H3;/q-1;. The average Bonchev–Trinajstić information content (AvgIpc) is 3.62. The van der Waals surface area contributed by atoms with Crippen LogP contribution in [0.1, 0.15) is 79.0 Å². The first-order chi connectivity index (χ1) is 28.6. The number of nitrogens with zero attached hydrogens (tertiary/aromatic N) is 4. The number of para-hydroxylation sites is 1. The predicted octanol–water partition coefficient (Wildman–Crippen LogP) is 14.2. The van der Waals surface area contributed by atoms with E-state index in [1.807, 2.05) is 18.5 Å². The summed E-state index contributed by atoms with van der Waals surface area (Å²) in [5, 5.41) is 15.6. The molecule has 0 aliphatic carbocycles. The average molecular weight is 979 g/mol. The first kappa shape index (κ1) is 41.8. The van der Waals surface area contributed by atoms with E-state index >= 15 is 0 Å². The van der Waals surface area contributed by atoms with E-state index in [0.29, 0.717) is 11.4 Å². The number of imidazole rings is 1. The Morgan fingerprint density at radius 1 is 0.590 bits per heavy atom. The summed E-state index contributed by atoms with van der Waals surface area (Å²) in [5.41, 5.74) is 12.7. The Balaban J connectivity index is 0.00000514. The second-order valence-electron chi connectivity index (χ2n) is 19.1. The fourth-order valence-corrected chi connectivity index (χ4v) is 8.30. The predicted molar refractivity (Wildman–Crippen MR) is 250 cm³/mol. The summed E-state index contributed by atoms with van der Waals surface area (Å²) in [4.78, 5) is 15.5. The Morgan fingerprint density at radius 2 is 1.28 bits per heavy atom. The molecule has 0 atom stereocenters. The third kappa shape index (κ3) is 7.70. The van der Waals surface area contributed by atoms with E-state index < -0.39 is 0 Å². The molecule has 1 N–H and O–H groups in total. The maximum atomic E-state index is 12.5. The van der Waals surface area contributed by atoms with Gasteiger partial charge in [0.05, 0.1) is 27.8 Å². The second-order valence-corrected chi connectivity index (χ2v) is 19.1. The largest absolute Gasteiger partial charge is 0.507 e. The Labute approximate surface area is 373 Å². The van der Waals surface area contributed by atoms with Gasteiger partial charge < -0.3 is 5.11 Å². The molecule has 0 amide bonds. The molecule has 3 aromatic heterocycles. The van der Waals surface area contributed by atoms with E-state index in [1.54, 1.807) is 0 Å². The van der Waals surface area contributed by atoms with Crippen LogP contribution in [0.2, 0.25) is 0 Å². The summed E-state index contributed by atoms with van der Waals surface area (Å²) in [6, 6.07) is 48.3. The van der Waals surface area contributed by atoms with Crippen LogP contribution in [0, 0.1) is 6.07 Å². The van der Waals surface area contributed by atoms with Crippen LogP contribution >= 0.6 is 0 Å². The normalized spacial score (nSPS) is 12.3. The van der Waals surface area contributed by atoms with Gasteiger partial charge in [-0.15, -0.1) is 29.3 Å². The number of phenols is 1. The number of hydrogen-bond acceptors (Lipinski definition) is 4. The molecule has 0 unspecified atom stereocenters. The molecule has 0 aliphatic heterocycles. The smallest absolute Gasteiger partial charge is 0.148 e. The van der Waals surface area contributed by atoms with Crippen molar-refractivity contribution in [1.82, 2.24) is 19.5 Å². The second kappa shape index (κ2) is 15.5. The van der Waals surface area contributed by atoms with E-state index in [4.69, 9.17) is 15.0 Å². The fourth-order valence-electron chi connectivity index (χ4n) is 8.30. The topological polar surface area (TPSA) is 63.8 Å². The molecule has 61 heavy (non-hydrogen) atoms. The van der Waals surface area contributed by atoms with Crippen LogP contribution in [0.25, 0.3) is 83.3 Å². The minimum absolute atomic E-state index is 0. The first-order valence-electron chi connectivity index (χ1n) is 20.8. The number of rotatable bonds is 5. The van der Waals surface area contributed by atoms with Gasteiger partial charge in [-0.1, -0.05) is 158 Å². The number of fused-ring (bicyclic) bond motifs is 4. The van der Waals surface area contributed by atoms with Crippen LogP contribution in [0.15, 0.2) is 140 Å². The van der Waals surface area contributed by atoms with Crippen molar-refractivity contribution in [3.05, 3.63) is 163 Å². The third-order valence-corrected chi connectivity index (χ3v) is 11.7. The summed E-state index contributed by atoms with van der Waals surface area (Å²) in [6.07, 6.45) is 3.83. The maximum absolute atomic E-state index is 12.5. The van der Waals surface area contributed by atoms with E-state index in [-0.39, 0.29) is 43.1 Å². The number of hydrogen-bond donors (Lipinski definition) is 1. The first-order valence-corrected chi connectivity index (χ1v) is 20.8. The third-order valence-electron chi connectivity index (χ3n) is 11.7. The van der Waals surface area contributed by atoms with Gasteiger partial charge >= 0.3 is 0 Å². The summed E-state index contributed by atoms with van der Waals surface area (Å²) >= 11 is 0. The van der Waals surface area contributed by atoms with Crippen molar-refractivity contribution in [2.45, 2.75) is 78.6 Å². The van der Waals surface area contributed by atoms with Crippen LogP contribution in [-0.4, -0.2) is 24.6 Å². The van der Waals surface area contributed by atoms with E-state index in [0.717, 1.165) is 83.0 Å². The summed E-state index contributed by atoms with van der Waals surface area (Å²) in [6.45, 7) is 19.9. The van der Waals surface area contributed by atoms with Gasteiger partial charge in [-0.2, -0.15) is 0 Å². The fraction of sp³-hybridized carbons (Fsp3) is 0.218. The van der Waals surface area contributed by atoms with Crippen molar-refractivity contribution in [2.24, 2.45) is 0 Å². The molecule has 6 heteroatoms. The number of aromatic hydroxyl groups is 1. The van der Waals surface area contributed by atoms with Crippen molar-refractivity contribution < 1.29 is 26.2 Å². The molecule has 3 heterocycles. The molecule has 9 aromatic rings. The maximum Gasteiger partial charge on any atom is 0.148 e. The molecule has 6 aromatic carbocycles. The van der Waals surface area contributed by atoms with Crippen molar-refractivity contribution in [1.29, 1.82) is 0 Å². The Kier molecular flexibility index (Phi) is 10.6. The molecule has 0 radical (unpaired) electrons. The zero-order valence-electron chi connectivity index (χ0n) is 36.3. The van der Waals surface area contributed by atoms with Gasteiger partial charge in [0.15, 0.2) is 0 Å². The van der Waals surface area contributed by atoms with Crippen molar-refractivity contribution in [3.63, 3.8) is 0 Å². The van der Waals surface area contributed by atoms with Gasteiger partial charge in [0.2, 0.25) is 0 Å². The molecule has 0 saturated heterocycles. The monoisotopic (exact) mass is 978 g/mol. The molecule has 0 bridgehead atoms. The Bertz CT molecular complexity index is 3110. The van der Waals surface area contributed by atoms with E-state index in [1.165, 1.54) is 5.56 Å².